The lowest BCUT2D eigenvalue weighted by Crippen LogP contribution is -2.23. The summed E-state index contributed by atoms with van der Waals surface area (Å²) in [7, 11) is 0. The summed E-state index contributed by atoms with van der Waals surface area (Å²) in [4.78, 5) is 0. The summed E-state index contributed by atoms with van der Waals surface area (Å²) in [6.07, 6.45) is 10.7. The fraction of sp³-hybridized carbons (Fsp3) is 0.600. The Hall–Kier alpha value is -1.08. The highest BCUT2D eigenvalue weighted by molar-refractivity contribution is 5.55. The Morgan fingerprint density at radius 2 is 1.90 bits per heavy atom. The van der Waals surface area contributed by atoms with E-state index in [1.807, 2.05) is 0 Å². The summed E-state index contributed by atoms with van der Waals surface area (Å²) in [5.41, 5.74) is 5.77. The van der Waals surface area contributed by atoms with E-state index in [9.17, 15) is 0 Å². The van der Waals surface area contributed by atoms with Crippen LogP contribution in [0.2, 0.25) is 0 Å². The molecule has 0 aromatic heterocycles. The molecule has 0 unspecified atom stereocenters. The molecule has 1 nitrogen and oxygen atoms in total. The van der Waals surface area contributed by atoms with Gasteiger partial charge in [0.05, 0.1) is 0 Å². The lowest BCUT2D eigenvalue weighted by Gasteiger charge is -2.25. The Bertz CT molecular complexity index is 467. The first-order valence-corrected chi connectivity index (χ1v) is 8.69. The molecule has 1 N–H and O–H groups in total. The second kappa shape index (κ2) is 8.38. The van der Waals surface area contributed by atoms with Crippen LogP contribution >= 0.6 is 0 Å². The van der Waals surface area contributed by atoms with E-state index in [1.54, 1.807) is 5.57 Å². The van der Waals surface area contributed by atoms with Crippen LogP contribution in [-0.4, -0.2) is 13.1 Å². The molecule has 0 radical (unpaired) electrons. The van der Waals surface area contributed by atoms with E-state index in [4.69, 9.17) is 0 Å². The summed E-state index contributed by atoms with van der Waals surface area (Å²) in [5.74, 6) is 0.796. The summed E-state index contributed by atoms with van der Waals surface area (Å²) < 4.78 is 0. The van der Waals surface area contributed by atoms with Crippen molar-refractivity contribution >= 4 is 6.08 Å². The highest BCUT2D eigenvalue weighted by Gasteiger charge is 2.17. The van der Waals surface area contributed by atoms with Gasteiger partial charge in [-0.05, 0) is 62.3 Å². The van der Waals surface area contributed by atoms with Crippen LogP contribution < -0.4 is 5.32 Å². The number of benzene rings is 1. The third kappa shape index (κ3) is 5.00. The van der Waals surface area contributed by atoms with Crippen LogP contribution in [0.4, 0.5) is 0 Å². The molecule has 2 rings (SSSR count). The largest absolute Gasteiger partial charge is 0.313 e. The van der Waals surface area contributed by atoms with Crippen LogP contribution in [0.3, 0.4) is 0 Å². The molecule has 0 saturated heterocycles. The Morgan fingerprint density at radius 3 is 2.57 bits per heavy atom. The van der Waals surface area contributed by atoms with Crippen molar-refractivity contribution in [3.63, 3.8) is 0 Å². The molecule has 0 aliphatic heterocycles. The van der Waals surface area contributed by atoms with E-state index >= 15 is 0 Å². The first kappa shape index (κ1) is 16.3. The van der Waals surface area contributed by atoms with Crippen LogP contribution in [-0.2, 0) is 0 Å². The number of rotatable bonds is 6. The SMILES string of the molecule is CCCNC/C(=C/c1ccc(C)c(C)c1)C1CCCCC1. The third-order valence-electron chi connectivity index (χ3n) is 4.77. The van der Waals surface area contributed by atoms with Crippen molar-refractivity contribution in [3.05, 3.63) is 40.5 Å². The Balaban J connectivity index is 2.15. The standard InChI is InChI=1S/C20H31N/c1-4-12-21-15-20(19-8-6-5-7-9-19)14-18-11-10-16(2)17(3)13-18/h10-11,13-14,19,21H,4-9,12,15H2,1-3H3/b20-14-. The highest BCUT2D eigenvalue weighted by Crippen LogP contribution is 2.30. The van der Waals surface area contributed by atoms with Crippen molar-refractivity contribution in [2.75, 3.05) is 13.1 Å². The molecule has 0 spiro atoms. The predicted octanol–water partition coefficient (Wildman–Crippen LogP) is 5.27. The highest BCUT2D eigenvalue weighted by atomic mass is 14.8. The van der Waals surface area contributed by atoms with E-state index in [0.29, 0.717) is 0 Å². The monoisotopic (exact) mass is 285 g/mol. The molecule has 1 aromatic carbocycles. The van der Waals surface area contributed by atoms with Gasteiger partial charge < -0.3 is 5.32 Å². The van der Waals surface area contributed by atoms with Gasteiger partial charge in [0.25, 0.3) is 0 Å². The van der Waals surface area contributed by atoms with Gasteiger partial charge in [-0.2, -0.15) is 0 Å². The normalized spacial score (nSPS) is 17.2. The lowest BCUT2D eigenvalue weighted by molar-refractivity contribution is 0.396. The zero-order chi connectivity index (χ0) is 15.1. The molecule has 1 aliphatic rings. The van der Waals surface area contributed by atoms with Crippen molar-refractivity contribution < 1.29 is 0 Å². The Labute approximate surface area is 130 Å². The minimum Gasteiger partial charge on any atom is -0.313 e. The topological polar surface area (TPSA) is 12.0 Å². The molecule has 1 fully saturated rings. The minimum absolute atomic E-state index is 0.796. The maximum Gasteiger partial charge on any atom is 0.0170 e. The van der Waals surface area contributed by atoms with E-state index in [-0.39, 0.29) is 0 Å². The smallest absolute Gasteiger partial charge is 0.0170 e. The van der Waals surface area contributed by atoms with Gasteiger partial charge in [0.1, 0.15) is 0 Å². The van der Waals surface area contributed by atoms with Gasteiger partial charge in [-0.25, -0.2) is 0 Å². The number of hydrogen-bond donors (Lipinski definition) is 1. The average molecular weight is 285 g/mol. The van der Waals surface area contributed by atoms with Crippen LogP contribution in [0.25, 0.3) is 6.08 Å². The van der Waals surface area contributed by atoms with Gasteiger partial charge in [-0.15, -0.1) is 0 Å². The van der Waals surface area contributed by atoms with Gasteiger partial charge in [0.15, 0.2) is 0 Å². The molecule has 0 amide bonds. The Morgan fingerprint density at radius 1 is 1.14 bits per heavy atom. The first-order valence-electron chi connectivity index (χ1n) is 8.69. The van der Waals surface area contributed by atoms with Gasteiger partial charge in [-0.1, -0.05) is 56.0 Å². The van der Waals surface area contributed by atoms with Crippen molar-refractivity contribution in [3.8, 4) is 0 Å². The number of hydrogen-bond acceptors (Lipinski definition) is 1. The second-order valence-corrected chi connectivity index (χ2v) is 6.57. The zero-order valence-corrected chi connectivity index (χ0v) is 14.0. The fourth-order valence-corrected chi connectivity index (χ4v) is 3.26. The summed E-state index contributed by atoms with van der Waals surface area (Å²) in [5, 5.41) is 3.61. The molecule has 0 bridgehead atoms. The fourth-order valence-electron chi connectivity index (χ4n) is 3.26. The second-order valence-electron chi connectivity index (χ2n) is 6.57. The molecule has 1 aromatic rings. The van der Waals surface area contributed by atoms with Gasteiger partial charge >= 0.3 is 0 Å². The molecule has 1 heteroatoms. The van der Waals surface area contributed by atoms with Gasteiger partial charge in [-0.3, -0.25) is 0 Å². The number of aryl methyl sites for hydroxylation is 2. The number of nitrogens with one attached hydrogen (secondary N) is 1. The predicted molar refractivity (Wildman–Crippen MR) is 93.6 cm³/mol. The van der Waals surface area contributed by atoms with E-state index < -0.39 is 0 Å². The molecular formula is C20H31N. The molecule has 1 saturated carbocycles. The van der Waals surface area contributed by atoms with Crippen molar-refractivity contribution in [1.82, 2.24) is 5.32 Å². The van der Waals surface area contributed by atoms with Crippen molar-refractivity contribution in [2.45, 2.75) is 59.3 Å². The lowest BCUT2D eigenvalue weighted by atomic mass is 9.83. The van der Waals surface area contributed by atoms with Crippen LogP contribution in [0, 0.1) is 19.8 Å². The molecular weight excluding hydrogens is 254 g/mol. The van der Waals surface area contributed by atoms with E-state index in [0.717, 1.165) is 19.0 Å². The van der Waals surface area contributed by atoms with Crippen LogP contribution in [0.1, 0.15) is 62.1 Å². The van der Waals surface area contributed by atoms with E-state index in [2.05, 4.69) is 50.4 Å². The summed E-state index contributed by atoms with van der Waals surface area (Å²) >= 11 is 0. The maximum absolute atomic E-state index is 3.61. The quantitative estimate of drug-likeness (QED) is 0.702. The third-order valence-corrected chi connectivity index (χ3v) is 4.77. The van der Waals surface area contributed by atoms with Gasteiger partial charge in [0, 0.05) is 6.54 Å². The van der Waals surface area contributed by atoms with E-state index in [1.165, 1.54) is 55.2 Å². The summed E-state index contributed by atoms with van der Waals surface area (Å²) in [6.45, 7) is 8.82. The first-order chi connectivity index (χ1) is 10.2. The summed E-state index contributed by atoms with van der Waals surface area (Å²) in [6, 6.07) is 6.85. The molecule has 0 heterocycles. The van der Waals surface area contributed by atoms with Crippen LogP contribution in [0.5, 0.6) is 0 Å². The van der Waals surface area contributed by atoms with Crippen molar-refractivity contribution in [2.24, 2.45) is 5.92 Å². The Kier molecular flexibility index (Phi) is 6.50. The molecule has 116 valence electrons. The van der Waals surface area contributed by atoms with Crippen molar-refractivity contribution in [1.29, 1.82) is 0 Å². The van der Waals surface area contributed by atoms with Crippen LogP contribution in [0.15, 0.2) is 23.8 Å². The zero-order valence-electron chi connectivity index (χ0n) is 14.0. The molecule has 1 aliphatic carbocycles. The maximum atomic E-state index is 3.61. The minimum atomic E-state index is 0.796. The average Bonchev–Trinajstić information content (AvgIpc) is 2.51. The van der Waals surface area contributed by atoms with Gasteiger partial charge in [0.2, 0.25) is 0 Å². The molecule has 0 atom stereocenters. The molecule has 21 heavy (non-hydrogen) atoms.